The molecule has 0 saturated carbocycles. The molecule has 24 heavy (non-hydrogen) atoms. The van der Waals surface area contributed by atoms with E-state index in [4.69, 9.17) is 9.84 Å². The number of hydrogen-bond donors (Lipinski definition) is 5. The molecule has 2 rings (SSSR count). The number of nitrogens with one attached hydrogen (secondary N) is 2. The molecular weight excluding hydrogens is 325 g/mol. The van der Waals surface area contributed by atoms with Gasteiger partial charge in [-0.1, -0.05) is 5.21 Å². The average Bonchev–Trinajstić information content (AvgIpc) is 3.13. The maximum absolute atomic E-state index is 11.8. The number of ether oxygens (including phenoxy) is 1. The van der Waals surface area contributed by atoms with Crippen LogP contribution in [-0.2, 0) is 11.3 Å². The summed E-state index contributed by atoms with van der Waals surface area (Å²) < 4.78 is 6.08. The average molecular weight is 339 g/mol. The Hall–Kier alpha value is -3.00. The summed E-state index contributed by atoms with van der Waals surface area (Å²) in [5.41, 5.74) is -0.309. The van der Waals surface area contributed by atoms with E-state index in [2.05, 4.69) is 30.8 Å². The number of aromatic nitrogens is 6. The molecule has 0 bridgehead atoms. The first-order valence-corrected chi connectivity index (χ1v) is 6.66. The van der Waals surface area contributed by atoms with Crippen molar-refractivity contribution in [2.75, 3.05) is 6.61 Å². The van der Waals surface area contributed by atoms with Crippen LogP contribution < -0.4 is 10.1 Å². The summed E-state index contributed by atoms with van der Waals surface area (Å²) in [6.45, 7) is 1.00. The summed E-state index contributed by atoms with van der Waals surface area (Å²) in [6, 6.07) is -0.0221. The third-order valence-electron chi connectivity index (χ3n) is 2.76. The monoisotopic (exact) mass is 339 g/mol. The molecule has 2 heterocycles. The number of carbonyl (C=O) groups excluding carboxylic acids is 1. The van der Waals surface area contributed by atoms with Crippen LogP contribution in [0.25, 0.3) is 0 Å². The van der Waals surface area contributed by atoms with Gasteiger partial charge in [-0.25, -0.2) is 4.79 Å². The lowest BCUT2D eigenvalue weighted by Gasteiger charge is -2.17. The number of carboxylic acids is 1. The maximum atomic E-state index is 11.8. The normalized spacial score (nSPS) is 11.8. The maximum Gasteiger partial charge on any atom is 0.477 e. The number of amides is 1. The molecule has 5 N–H and O–H groups in total. The smallest absolute Gasteiger partial charge is 0.476 e. The number of carboxylic acid groups (broad SMARTS) is 1. The molecule has 2 aromatic rings. The molecule has 0 saturated heterocycles. The first-order valence-electron chi connectivity index (χ1n) is 6.66. The molecular formula is C10H14BN7O6. The number of hydrogen-bond acceptors (Lipinski definition) is 9. The van der Waals surface area contributed by atoms with E-state index in [1.807, 2.05) is 0 Å². The second-order valence-electron chi connectivity index (χ2n) is 4.71. The number of aromatic amines is 1. The Morgan fingerprint density at radius 2 is 2.25 bits per heavy atom. The topological polar surface area (TPSA) is 188 Å². The lowest BCUT2D eigenvalue weighted by molar-refractivity contribution is -0.123. The first kappa shape index (κ1) is 17.4. The van der Waals surface area contributed by atoms with Crippen molar-refractivity contribution in [3.05, 3.63) is 17.7 Å². The van der Waals surface area contributed by atoms with E-state index in [0.717, 1.165) is 10.9 Å². The Bertz CT molecular complexity index is 716. The zero-order valence-corrected chi connectivity index (χ0v) is 12.4. The number of H-pyrrole nitrogens is 1. The second kappa shape index (κ2) is 7.52. The van der Waals surface area contributed by atoms with Crippen molar-refractivity contribution < 1.29 is 29.5 Å². The molecule has 0 aliphatic carbocycles. The third-order valence-corrected chi connectivity index (χ3v) is 2.76. The van der Waals surface area contributed by atoms with Crippen LogP contribution in [0.5, 0.6) is 6.01 Å². The molecule has 0 aromatic carbocycles. The predicted molar refractivity (Wildman–Crippen MR) is 75.7 cm³/mol. The lowest BCUT2D eigenvalue weighted by atomic mass is 9.79. The lowest BCUT2D eigenvalue weighted by Crippen LogP contribution is -2.50. The summed E-state index contributed by atoms with van der Waals surface area (Å²) in [5.74, 6) is -2.58. The van der Waals surface area contributed by atoms with Crippen molar-refractivity contribution >= 4 is 19.0 Å². The Labute approximate surface area is 134 Å². The molecule has 1 amide bonds. The highest BCUT2D eigenvalue weighted by Gasteiger charge is 2.27. The quantitative estimate of drug-likeness (QED) is 0.309. The summed E-state index contributed by atoms with van der Waals surface area (Å²) in [6.07, 6.45) is 1.09. The Balaban J connectivity index is 1.89. The fraction of sp³-hybridized carbons (Fsp3) is 0.400. The fourth-order valence-corrected chi connectivity index (χ4v) is 1.67. The van der Waals surface area contributed by atoms with Crippen molar-refractivity contribution in [3.8, 4) is 6.01 Å². The summed E-state index contributed by atoms with van der Waals surface area (Å²) in [7, 11) is -1.91. The van der Waals surface area contributed by atoms with Gasteiger partial charge in [-0.2, -0.15) is 4.98 Å². The van der Waals surface area contributed by atoms with Gasteiger partial charge < -0.3 is 25.2 Å². The van der Waals surface area contributed by atoms with Gasteiger partial charge in [0.25, 0.3) is 5.91 Å². The van der Waals surface area contributed by atoms with E-state index in [1.54, 1.807) is 6.92 Å². The minimum atomic E-state index is -1.91. The Morgan fingerprint density at radius 1 is 1.50 bits per heavy atom. The van der Waals surface area contributed by atoms with Crippen molar-refractivity contribution in [1.29, 1.82) is 0 Å². The minimum absolute atomic E-state index is 0.0221. The molecule has 0 aliphatic heterocycles. The molecule has 0 fully saturated rings. The summed E-state index contributed by atoms with van der Waals surface area (Å²) in [5, 5.41) is 42.8. The van der Waals surface area contributed by atoms with Crippen LogP contribution >= 0.6 is 0 Å². The summed E-state index contributed by atoms with van der Waals surface area (Å²) >= 11 is 0. The van der Waals surface area contributed by atoms with Crippen molar-refractivity contribution in [1.82, 2.24) is 35.5 Å². The predicted octanol–water partition coefficient (Wildman–Crippen LogP) is -3.02. The van der Waals surface area contributed by atoms with Crippen LogP contribution in [0.15, 0.2) is 6.20 Å². The van der Waals surface area contributed by atoms with Gasteiger partial charge in [0, 0.05) is 0 Å². The highest BCUT2D eigenvalue weighted by molar-refractivity contribution is 6.43. The zero-order valence-electron chi connectivity index (χ0n) is 12.4. The molecule has 0 radical (unpaired) electrons. The van der Waals surface area contributed by atoms with Crippen LogP contribution in [0.3, 0.4) is 0 Å². The van der Waals surface area contributed by atoms with Crippen LogP contribution in [0.4, 0.5) is 0 Å². The standard InChI is InChI=1S/C10H14BN7O6/c1-5-12-10(16-14-5)24-4-8(19)13-7(11(22)23)3-18-2-6(9(20)21)15-17-18/h2,7,22-23H,3-4H2,1H3,(H,13,19)(H,20,21)(H,12,14,16). The number of nitrogens with zero attached hydrogens (tertiary/aromatic N) is 5. The molecule has 2 aromatic heterocycles. The first-order chi connectivity index (χ1) is 11.3. The number of aryl methyl sites for hydroxylation is 1. The van der Waals surface area contributed by atoms with Crippen LogP contribution in [0.2, 0.25) is 0 Å². The van der Waals surface area contributed by atoms with Gasteiger partial charge in [0.2, 0.25) is 0 Å². The molecule has 14 heteroatoms. The molecule has 1 unspecified atom stereocenters. The van der Waals surface area contributed by atoms with Gasteiger partial charge in [-0.3, -0.25) is 14.6 Å². The molecule has 128 valence electrons. The second-order valence-corrected chi connectivity index (χ2v) is 4.71. The van der Waals surface area contributed by atoms with Crippen LogP contribution in [-0.4, -0.2) is 76.9 Å². The van der Waals surface area contributed by atoms with E-state index in [9.17, 15) is 19.6 Å². The summed E-state index contributed by atoms with van der Waals surface area (Å²) in [4.78, 5) is 26.3. The van der Waals surface area contributed by atoms with Gasteiger partial charge in [0.15, 0.2) is 12.3 Å². The van der Waals surface area contributed by atoms with E-state index in [-0.39, 0.29) is 18.2 Å². The highest BCUT2D eigenvalue weighted by atomic mass is 16.5. The largest absolute Gasteiger partial charge is 0.477 e. The molecule has 0 aliphatic rings. The Kier molecular flexibility index (Phi) is 5.44. The van der Waals surface area contributed by atoms with Gasteiger partial charge in [-0.15, -0.1) is 10.2 Å². The van der Waals surface area contributed by atoms with Crippen molar-refractivity contribution in [2.24, 2.45) is 0 Å². The van der Waals surface area contributed by atoms with Gasteiger partial charge in [-0.05, 0) is 6.92 Å². The van der Waals surface area contributed by atoms with E-state index in [0.29, 0.717) is 5.82 Å². The van der Waals surface area contributed by atoms with Crippen molar-refractivity contribution in [3.63, 3.8) is 0 Å². The SMILES string of the molecule is Cc1nc(OCC(=O)NC(Cn2cc(C(=O)O)nn2)B(O)O)n[nH]1. The number of rotatable bonds is 8. The van der Waals surface area contributed by atoms with E-state index in [1.165, 1.54) is 0 Å². The molecule has 13 nitrogen and oxygen atoms in total. The van der Waals surface area contributed by atoms with Crippen molar-refractivity contribution in [2.45, 2.75) is 19.4 Å². The van der Waals surface area contributed by atoms with E-state index >= 15 is 0 Å². The highest BCUT2D eigenvalue weighted by Crippen LogP contribution is 2.00. The van der Waals surface area contributed by atoms with Crippen LogP contribution in [0, 0.1) is 6.92 Å². The fourth-order valence-electron chi connectivity index (χ4n) is 1.67. The Morgan fingerprint density at radius 3 is 2.79 bits per heavy atom. The molecule has 0 spiro atoms. The van der Waals surface area contributed by atoms with Crippen LogP contribution in [0.1, 0.15) is 16.3 Å². The number of aromatic carboxylic acids is 1. The third kappa shape index (κ3) is 4.75. The zero-order chi connectivity index (χ0) is 17.7. The van der Waals surface area contributed by atoms with E-state index < -0.39 is 31.5 Å². The van der Waals surface area contributed by atoms with Gasteiger partial charge >= 0.3 is 19.1 Å². The number of carbonyl (C=O) groups is 2. The molecule has 1 atom stereocenters. The minimum Gasteiger partial charge on any atom is -0.476 e. The van der Waals surface area contributed by atoms with Gasteiger partial charge in [0.1, 0.15) is 5.82 Å². The van der Waals surface area contributed by atoms with Gasteiger partial charge in [0.05, 0.1) is 18.7 Å².